The molecule has 0 heterocycles. The Morgan fingerprint density at radius 2 is 1.18 bits per heavy atom. The zero-order chi connectivity index (χ0) is 12.7. The van der Waals surface area contributed by atoms with Gasteiger partial charge in [0.15, 0.2) is 0 Å². The lowest BCUT2D eigenvalue weighted by Gasteiger charge is -2.31. The largest absolute Gasteiger partial charge is 0.393 e. The van der Waals surface area contributed by atoms with Crippen molar-refractivity contribution in [3.63, 3.8) is 0 Å². The van der Waals surface area contributed by atoms with Gasteiger partial charge in [-0.25, -0.2) is 0 Å². The third-order valence-corrected chi connectivity index (χ3v) is 5.70. The highest BCUT2D eigenvalue weighted by molar-refractivity contribution is 8.00. The van der Waals surface area contributed by atoms with Crippen LogP contribution in [0.2, 0.25) is 0 Å². The van der Waals surface area contributed by atoms with Crippen LogP contribution >= 0.6 is 11.8 Å². The van der Waals surface area contributed by atoms with Gasteiger partial charge in [-0.15, -0.1) is 0 Å². The summed E-state index contributed by atoms with van der Waals surface area (Å²) in [5, 5.41) is 11.2. The van der Waals surface area contributed by atoms with Gasteiger partial charge in [-0.2, -0.15) is 11.8 Å². The first-order valence-corrected chi connectivity index (χ1v) is 8.52. The maximum atomic E-state index is 9.46. The summed E-state index contributed by atoms with van der Waals surface area (Å²) in [5.74, 6) is 0.968. The molecule has 0 unspecified atom stereocenters. The maximum Gasteiger partial charge on any atom is 0.0541 e. The highest BCUT2D eigenvalue weighted by Gasteiger charge is 2.25. The molecule has 0 saturated heterocycles. The Morgan fingerprint density at radius 1 is 0.765 bits per heavy atom. The van der Waals surface area contributed by atoms with E-state index in [0.717, 1.165) is 29.3 Å². The molecule has 2 saturated carbocycles. The lowest BCUT2D eigenvalue weighted by molar-refractivity contribution is 0.132. The highest BCUT2D eigenvalue weighted by Crippen LogP contribution is 2.38. The lowest BCUT2D eigenvalue weighted by Crippen LogP contribution is -2.23. The number of rotatable bonds is 2. The van der Waals surface area contributed by atoms with Gasteiger partial charge in [0.25, 0.3) is 0 Å². The molecule has 0 radical (unpaired) electrons. The van der Waals surface area contributed by atoms with Crippen LogP contribution in [0, 0.1) is 5.92 Å². The molecular weight excluding hydrogens is 228 g/mol. The van der Waals surface area contributed by atoms with Crippen LogP contribution in [0.5, 0.6) is 0 Å². The minimum Gasteiger partial charge on any atom is -0.393 e. The third kappa shape index (κ3) is 5.65. The highest BCUT2D eigenvalue weighted by atomic mass is 32.2. The number of hydrogen-bond donors (Lipinski definition) is 1. The fourth-order valence-corrected chi connectivity index (χ4v) is 4.45. The van der Waals surface area contributed by atoms with Crippen LogP contribution in [-0.2, 0) is 0 Å². The average molecular weight is 258 g/mol. The van der Waals surface area contributed by atoms with Gasteiger partial charge in [0.2, 0.25) is 0 Å². The monoisotopic (exact) mass is 258 g/mol. The Labute approximate surface area is 112 Å². The number of aliphatic hydroxyl groups excluding tert-OH is 1. The van der Waals surface area contributed by atoms with Gasteiger partial charge in [0, 0.05) is 10.5 Å². The zero-order valence-corrected chi connectivity index (χ0v) is 12.6. The molecule has 0 aromatic heterocycles. The first-order chi connectivity index (χ1) is 8.24. The Morgan fingerprint density at radius 3 is 1.65 bits per heavy atom. The summed E-state index contributed by atoms with van der Waals surface area (Å²) < 4.78 is 0. The molecule has 0 bridgehead atoms. The summed E-state index contributed by atoms with van der Waals surface area (Å²) in [6, 6.07) is 0. The van der Waals surface area contributed by atoms with Crippen molar-refractivity contribution in [2.75, 3.05) is 0 Å². The SMILES string of the molecule is CC.CC1CCC(SC2CCC(O)CC2)CC1. The number of hydrogen-bond acceptors (Lipinski definition) is 2. The van der Waals surface area contributed by atoms with E-state index in [1.807, 2.05) is 13.8 Å². The van der Waals surface area contributed by atoms with E-state index in [0.29, 0.717) is 0 Å². The fraction of sp³-hybridized carbons (Fsp3) is 1.00. The van der Waals surface area contributed by atoms with Crippen LogP contribution in [0.25, 0.3) is 0 Å². The van der Waals surface area contributed by atoms with Gasteiger partial charge >= 0.3 is 0 Å². The predicted octanol–water partition coefficient (Wildman–Crippen LogP) is 4.63. The third-order valence-electron chi connectivity index (χ3n) is 3.99. The molecule has 0 spiro atoms. The topological polar surface area (TPSA) is 20.2 Å². The predicted molar refractivity (Wildman–Crippen MR) is 78.6 cm³/mol. The van der Waals surface area contributed by atoms with Gasteiger partial charge < -0.3 is 5.11 Å². The maximum absolute atomic E-state index is 9.46. The van der Waals surface area contributed by atoms with Crippen LogP contribution in [-0.4, -0.2) is 21.7 Å². The van der Waals surface area contributed by atoms with E-state index in [4.69, 9.17) is 0 Å². The van der Waals surface area contributed by atoms with E-state index in [-0.39, 0.29) is 6.10 Å². The summed E-state index contributed by atoms with van der Waals surface area (Å²) >= 11 is 2.23. The molecular formula is C15H30OS. The Kier molecular flexibility index (Phi) is 7.61. The molecule has 2 rings (SSSR count). The second kappa shape index (κ2) is 8.42. The molecule has 0 aromatic carbocycles. The van der Waals surface area contributed by atoms with Crippen LogP contribution < -0.4 is 0 Å². The second-order valence-corrected chi connectivity index (χ2v) is 7.05. The quantitative estimate of drug-likeness (QED) is 0.779. The molecule has 0 aromatic rings. The molecule has 102 valence electrons. The van der Waals surface area contributed by atoms with E-state index >= 15 is 0 Å². The van der Waals surface area contributed by atoms with Crippen LogP contribution in [0.4, 0.5) is 0 Å². The van der Waals surface area contributed by atoms with Gasteiger partial charge in [-0.3, -0.25) is 0 Å². The number of thioether (sulfide) groups is 1. The summed E-state index contributed by atoms with van der Waals surface area (Å²) in [6.07, 6.45) is 10.3. The van der Waals surface area contributed by atoms with Crippen molar-refractivity contribution in [3.8, 4) is 0 Å². The van der Waals surface area contributed by atoms with E-state index in [9.17, 15) is 5.11 Å². The molecule has 17 heavy (non-hydrogen) atoms. The molecule has 1 N–H and O–H groups in total. The number of aliphatic hydroxyl groups is 1. The summed E-state index contributed by atoms with van der Waals surface area (Å²) in [6.45, 7) is 6.39. The van der Waals surface area contributed by atoms with Crippen molar-refractivity contribution in [2.24, 2.45) is 5.92 Å². The fourth-order valence-electron chi connectivity index (χ4n) is 2.82. The minimum atomic E-state index is 0.00762. The molecule has 2 aliphatic rings. The Balaban J connectivity index is 0.000000686. The van der Waals surface area contributed by atoms with Crippen molar-refractivity contribution in [1.29, 1.82) is 0 Å². The molecule has 2 aliphatic carbocycles. The van der Waals surface area contributed by atoms with Gasteiger partial charge in [0.1, 0.15) is 0 Å². The van der Waals surface area contributed by atoms with E-state index in [1.165, 1.54) is 38.5 Å². The van der Waals surface area contributed by atoms with E-state index in [1.54, 1.807) is 0 Å². The van der Waals surface area contributed by atoms with Crippen molar-refractivity contribution in [1.82, 2.24) is 0 Å². The minimum absolute atomic E-state index is 0.00762. The lowest BCUT2D eigenvalue weighted by atomic mass is 9.91. The molecule has 1 nitrogen and oxygen atoms in total. The molecule has 2 heteroatoms. The van der Waals surface area contributed by atoms with Gasteiger partial charge in [-0.05, 0) is 57.3 Å². The van der Waals surface area contributed by atoms with Crippen LogP contribution in [0.15, 0.2) is 0 Å². The van der Waals surface area contributed by atoms with Crippen molar-refractivity contribution in [2.45, 2.75) is 88.7 Å². The molecule has 0 atom stereocenters. The normalized spacial score (nSPS) is 38.1. The van der Waals surface area contributed by atoms with Crippen LogP contribution in [0.1, 0.15) is 72.1 Å². The van der Waals surface area contributed by atoms with Gasteiger partial charge in [0.05, 0.1) is 6.10 Å². The first kappa shape index (κ1) is 15.4. The second-order valence-electron chi connectivity index (χ2n) is 5.45. The molecule has 0 amide bonds. The summed E-state index contributed by atoms with van der Waals surface area (Å²) in [5.41, 5.74) is 0. The zero-order valence-electron chi connectivity index (χ0n) is 11.8. The first-order valence-electron chi connectivity index (χ1n) is 7.57. The average Bonchev–Trinajstić information content (AvgIpc) is 2.37. The standard InChI is InChI=1S/C13H24OS.C2H6/c1-10-2-6-12(7-3-10)15-13-8-4-11(14)5-9-13;1-2/h10-14H,2-9H2,1H3;1-2H3. The Bertz CT molecular complexity index is 159. The van der Waals surface area contributed by atoms with Gasteiger partial charge in [-0.1, -0.05) is 20.8 Å². The summed E-state index contributed by atoms with van der Waals surface area (Å²) in [4.78, 5) is 0. The van der Waals surface area contributed by atoms with E-state index in [2.05, 4.69) is 18.7 Å². The molecule has 0 aliphatic heterocycles. The molecule has 2 fully saturated rings. The summed E-state index contributed by atoms with van der Waals surface area (Å²) in [7, 11) is 0. The van der Waals surface area contributed by atoms with Crippen molar-refractivity contribution >= 4 is 11.8 Å². The van der Waals surface area contributed by atoms with Crippen molar-refractivity contribution < 1.29 is 5.11 Å². The Hall–Kier alpha value is 0.310. The van der Waals surface area contributed by atoms with Crippen molar-refractivity contribution in [3.05, 3.63) is 0 Å². The van der Waals surface area contributed by atoms with Crippen LogP contribution in [0.3, 0.4) is 0 Å². The van der Waals surface area contributed by atoms with E-state index < -0.39 is 0 Å². The smallest absolute Gasteiger partial charge is 0.0541 e.